The van der Waals surface area contributed by atoms with Crippen LogP contribution in [0.1, 0.15) is 26.3 Å². The van der Waals surface area contributed by atoms with Gasteiger partial charge in [0.25, 0.3) is 0 Å². The molecule has 4 heteroatoms. The maximum atomic E-state index is 12.1. The third kappa shape index (κ3) is 3.96. The summed E-state index contributed by atoms with van der Waals surface area (Å²) in [6, 6.07) is 5.40. The van der Waals surface area contributed by atoms with E-state index in [1.807, 2.05) is 64.9 Å². The summed E-state index contributed by atoms with van der Waals surface area (Å²) in [6.45, 7) is 7.85. The van der Waals surface area contributed by atoms with Crippen LogP contribution in [0.25, 0.3) is 0 Å². The molecule has 0 aromatic heterocycles. The Morgan fingerprint density at radius 1 is 1.32 bits per heavy atom. The van der Waals surface area contributed by atoms with Crippen LogP contribution in [0, 0.1) is 12.3 Å². The molecule has 0 aliphatic rings. The van der Waals surface area contributed by atoms with Crippen molar-refractivity contribution in [3.05, 3.63) is 23.8 Å². The number of anilines is 2. The normalized spacial score (nSPS) is 13.0. The Morgan fingerprint density at radius 3 is 2.32 bits per heavy atom. The number of nitrogens with two attached hydrogens (primary N) is 1. The average Bonchev–Trinajstić information content (AvgIpc) is 2.29. The number of nitrogens with one attached hydrogen (secondary N) is 1. The lowest BCUT2D eigenvalue weighted by Crippen LogP contribution is -2.45. The molecule has 0 spiro atoms. The first-order valence-corrected chi connectivity index (χ1v) is 6.47. The third-order valence-electron chi connectivity index (χ3n) is 3.20. The van der Waals surface area contributed by atoms with Gasteiger partial charge in [0.2, 0.25) is 5.91 Å². The predicted octanol–water partition coefficient (Wildman–Crippen LogP) is 2.37. The van der Waals surface area contributed by atoms with Crippen molar-refractivity contribution in [2.45, 2.75) is 33.7 Å². The van der Waals surface area contributed by atoms with E-state index in [4.69, 9.17) is 5.73 Å². The lowest BCUT2D eigenvalue weighted by Gasteiger charge is -2.26. The lowest BCUT2D eigenvalue weighted by atomic mass is 9.87. The molecule has 0 fully saturated rings. The summed E-state index contributed by atoms with van der Waals surface area (Å²) in [5, 5.41) is 2.90. The summed E-state index contributed by atoms with van der Waals surface area (Å²) in [6.07, 6.45) is 0. The van der Waals surface area contributed by atoms with Gasteiger partial charge >= 0.3 is 0 Å². The zero-order valence-electron chi connectivity index (χ0n) is 12.7. The number of amides is 1. The Bertz CT molecular complexity index is 461. The topological polar surface area (TPSA) is 58.4 Å². The van der Waals surface area contributed by atoms with E-state index in [1.165, 1.54) is 0 Å². The Kier molecular flexibility index (Phi) is 4.58. The van der Waals surface area contributed by atoms with E-state index in [1.54, 1.807) is 0 Å². The number of carbonyl (C=O) groups is 1. The van der Waals surface area contributed by atoms with Gasteiger partial charge in [0.15, 0.2) is 0 Å². The quantitative estimate of drug-likeness (QED) is 0.880. The van der Waals surface area contributed by atoms with Crippen LogP contribution >= 0.6 is 0 Å². The fourth-order valence-corrected chi connectivity index (χ4v) is 1.67. The Morgan fingerprint density at radius 2 is 1.89 bits per heavy atom. The van der Waals surface area contributed by atoms with Crippen molar-refractivity contribution in [2.75, 3.05) is 24.3 Å². The molecule has 4 nitrogen and oxygen atoms in total. The first-order valence-electron chi connectivity index (χ1n) is 6.47. The first kappa shape index (κ1) is 15.5. The van der Waals surface area contributed by atoms with Gasteiger partial charge in [-0.25, -0.2) is 0 Å². The molecule has 0 saturated heterocycles. The Hall–Kier alpha value is -1.55. The maximum Gasteiger partial charge on any atom is 0.241 e. The van der Waals surface area contributed by atoms with Crippen molar-refractivity contribution < 1.29 is 4.79 Å². The van der Waals surface area contributed by atoms with Crippen LogP contribution in [0.2, 0.25) is 0 Å². The third-order valence-corrected chi connectivity index (χ3v) is 3.20. The van der Waals surface area contributed by atoms with Crippen LogP contribution in [0.4, 0.5) is 11.4 Å². The molecule has 0 saturated carbocycles. The standard InChI is InChI=1S/C15H25N3O/c1-10-9-11(18(5)6)7-8-12(10)17-14(19)13(16)15(2,3)4/h7-9,13H,16H2,1-6H3,(H,17,19)/t13-/m0/s1. The molecular weight excluding hydrogens is 238 g/mol. The summed E-state index contributed by atoms with van der Waals surface area (Å²) >= 11 is 0. The molecule has 1 aromatic carbocycles. The highest BCUT2D eigenvalue weighted by molar-refractivity contribution is 5.96. The first-order chi connectivity index (χ1) is 8.62. The molecule has 3 N–H and O–H groups in total. The van der Waals surface area contributed by atoms with Crippen LogP contribution < -0.4 is 16.0 Å². The van der Waals surface area contributed by atoms with E-state index < -0.39 is 6.04 Å². The average molecular weight is 263 g/mol. The molecular formula is C15H25N3O. The van der Waals surface area contributed by atoms with Gasteiger partial charge in [-0.2, -0.15) is 0 Å². The number of nitrogens with zero attached hydrogens (tertiary/aromatic N) is 1. The van der Waals surface area contributed by atoms with Crippen LogP contribution in [0.5, 0.6) is 0 Å². The number of hydrogen-bond donors (Lipinski definition) is 2. The van der Waals surface area contributed by atoms with E-state index in [9.17, 15) is 4.79 Å². The lowest BCUT2D eigenvalue weighted by molar-refractivity contribution is -0.119. The van der Waals surface area contributed by atoms with E-state index in [0.29, 0.717) is 0 Å². The van der Waals surface area contributed by atoms with Gasteiger partial charge in [-0.05, 0) is 36.1 Å². The molecule has 1 amide bonds. The molecule has 0 aliphatic carbocycles. The van der Waals surface area contributed by atoms with E-state index in [0.717, 1.165) is 16.9 Å². The monoisotopic (exact) mass is 263 g/mol. The fourth-order valence-electron chi connectivity index (χ4n) is 1.67. The second-order valence-corrected chi connectivity index (χ2v) is 6.23. The minimum Gasteiger partial charge on any atom is -0.378 e. The van der Waals surface area contributed by atoms with Gasteiger partial charge in [0.05, 0.1) is 6.04 Å². The largest absolute Gasteiger partial charge is 0.378 e. The highest BCUT2D eigenvalue weighted by atomic mass is 16.2. The number of benzene rings is 1. The van der Waals surface area contributed by atoms with Crippen LogP contribution in [0.15, 0.2) is 18.2 Å². The molecule has 0 radical (unpaired) electrons. The van der Waals surface area contributed by atoms with Gasteiger partial charge in [-0.3, -0.25) is 4.79 Å². The highest BCUT2D eigenvalue weighted by Crippen LogP contribution is 2.23. The van der Waals surface area contributed by atoms with Crippen molar-refractivity contribution >= 4 is 17.3 Å². The van der Waals surface area contributed by atoms with Crippen LogP contribution in [-0.4, -0.2) is 26.0 Å². The van der Waals surface area contributed by atoms with Crippen molar-refractivity contribution in [1.82, 2.24) is 0 Å². The molecule has 0 unspecified atom stereocenters. The summed E-state index contributed by atoms with van der Waals surface area (Å²) in [5.41, 5.74) is 8.65. The second-order valence-electron chi connectivity index (χ2n) is 6.23. The second kappa shape index (κ2) is 5.61. The zero-order valence-corrected chi connectivity index (χ0v) is 12.7. The minimum atomic E-state index is -0.527. The molecule has 1 aromatic rings. The smallest absolute Gasteiger partial charge is 0.241 e. The van der Waals surface area contributed by atoms with Crippen molar-refractivity contribution in [1.29, 1.82) is 0 Å². The summed E-state index contributed by atoms with van der Waals surface area (Å²) in [4.78, 5) is 14.1. The zero-order chi connectivity index (χ0) is 14.8. The molecule has 0 aliphatic heterocycles. The van der Waals surface area contributed by atoms with Gasteiger partial charge in [0.1, 0.15) is 0 Å². The van der Waals surface area contributed by atoms with Gasteiger partial charge in [0, 0.05) is 25.5 Å². The Labute approximate surface area is 116 Å². The minimum absolute atomic E-state index is 0.145. The Balaban J connectivity index is 2.86. The van der Waals surface area contributed by atoms with E-state index in [-0.39, 0.29) is 11.3 Å². The van der Waals surface area contributed by atoms with E-state index in [2.05, 4.69) is 5.32 Å². The highest BCUT2D eigenvalue weighted by Gasteiger charge is 2.27. The fraction of sp³-hybridized carbons (Fsp3) is 0.533. The van der Waals surface area contributed by atoms with Gasteiger partial charge in [-0.1, -0.05) is 20.8 Å². The SMILES string of the molecule is Cc1cc(N(C)C)ccc1NC(=O)[C@H](N)C(C)(C)C. The number of carbonyl (C=O) groups excluding carboxylic acids is 1. The van der Waals surface area contributed by atoms with Crippen LogP contribution in [0.3, 0.4) is 0 Å². The predicted molar refractivity (Wildman–Crippen MR) is 81.6 cm³/mol. The maximum absolute atomic E-state index is 12.1. The van der Waals surface area contributed by atoms with Gasteiger partial charge in [-0.15, -0.1) is 0 Å². The molecule has 0 bridgehead atoms. The van der Waals surface area contributed by atoms with Gasteiger partial charge < -0.3 is 16.0 Å². The number of rotatable bonds is 3. The summed E-state index contributed by atoms with van der Waals surface area (Å²) < 4.78 is 0. The molecule has 106 valence electrons. The molecule has 1 rings (SSSR count). The van der Waals surface area contributed by atoms with Crippen molar-refractivity contribution in [3.8, 4) is 0 Å². The molecule has 19 heavy (non-hydrogen) atoms. The summed E-state index contributed by atoms with van der Waals surface area (Å²) in [7, 11) is 3.98. The molecule has 0 heterocycles. The van der Waals surface area contributed by atoms with E-state index >= 15 is 0 Å². The van der Waals surface area contributed by atoms with Crippen molar-refractivity contribution in [3.63, 3.8) is 0 Å². The number of aryl methyl sites for hydroxylation is 1. The molecule has 1 atom stereocenters. The summed E-state index contributed by atoms with van der Waals surface area (Å²) in [5.74, 6) is -0.145. The number of hydrogen-bond acceptors (Lipinski definition) is 3. The van der Waals surface area contributed by atoms with Crippen LogP contribution in [-0.2, 0) is 4.79 Å². The van der Waals surface area contributed by atoms with Crippen molar-refractivity contribution in [2.24, 2.45) is 11.1 Å².